The van der Waals surface area contributed by atoms with Crippen molar-refractivity contribution in [2.75, 3.05) is 10.6 Å². The molecule has 3 aromatic rings. The first-order valence-electron chi connectivity index (χ1n) is 7.95. The number of aromatic nitrogens is 6. The molecule has 0 spiro atoms. The highest BCUT2D eigenvalue weighted by Gasteiger charge is 2.14. The number of carbonyl (C=O) groups excluding carboxylic acids is 1. The monoisotopic (exact) mass is 340 g/mol. The molecule has 0 aliphatic rings. The molecule has 2 heterocycles. The molecule has 0 unspecified atom stereocenters. The molecular weight excluding hydrogens is 320 g/mol. The van der Waals surface area contributed by atoms with Gasteiger partial charge in [-0.05, 0) is 61.9 Å². The molecule has 2 aromatic heterocycles. The molecule has 0 aliphatic heterocycles. The van der Waals surface area contributed by atoms with Gasteiger partial charge < -0.3 is 10.6 Å². The summed E-state index contributed by atoms with van der Waals surface area (Å²) in [6.45, 7) is 8.51. The Morgan fingerprint density at radius 2 is 2.00 bits per heavy atom. The van der Waals surface area contributed by atoms with Crippen LogP contribution in [0, 0.1) is 20.8 Å². The third-order valence-electron chi connectivity index (χ3n) is 3.97. The van der Waals surface area contributed by atoms with Gasteiger partial charge in [0.05, 0.1) is 22.8 Å². The van der Waals surface area contributed by atoms with E-state index in [4.69, 9.17) is 0 Å². The summed E-state index contributed by atoms with van der Waals surface area (Å²) in [5.74, 6) is 0. The van der Waals surface area contributed by atoms with E-state index in [1.807, 2.05) is 44.5 Å². The van der Waals surface area contributed by atoms with Crippen LogP contribution in [-0.4, -0.2) is 36.0 Å². The van der Waals surface area contributed by atoms with E-state index in [2.05, 4.69) is 31.3 Å². The summed E-state index contributed by atoms with van der Waals surface area (Å²) in [6.07, 6.45) is 1.53. The lowest BCUT2D eigenvalue weighted by molar-refractivity contribution is 0.262. The van der Waals surface area contributed by atoms with Gasteiger partial charge in [-0.1, -0.05) is 0 Å². The normalized spacial score (nSPS) is 10.7. The van der Waals surface area contributed by atoms with Crippen LogP contribution in [0.3, 0.4) is 0 Å². The Balaban J connectivity index is 1.73. The highest BCUT2D eigenvalue weighted by molar-refractivity contribution is 6.00. The van der Waals surface area contributed by atoms with Crippen LogP contribution >= 0.6 is 0 Å². The van der Waals surface area contributed by atoms with Crippen molar-refractivity contribution in [1.29, 1.82) is 0 Å². The molecule has 0 fully saturated rings. The summed E-state index contributed by atoms with van der Waals surface area (Å²) in [7, 11) is 0. The molecule has 130 valence electrons. The van der Waals surface area contributed by atoms with Crippen molar-refractivity contribution in [3.05, 3.63) is 41.5 Å². The van der Waals surface area contributed by atoms with E-state index >= 15 is 0 Å². The van der Waals surface area contributed by atoms with Crippen LogP contribution in [0.2, 0.25) is 0 Å². The topological polar surface area (TPSA) is 103 Å². The number of amides is 2. The van der Waals surface area contributed by atoms with Gasteiger partial charge in [0.2, 0.25) is 0 Å². The molecule has 25 heavy (non-hydrogen) atoms. The summed E-state index contributed by atoms with van der Waals surface area (Å²) in [4.78, 5) is 12.3. The predicted octanol–water partition coefficient (Wildman–Crippen LogP) is 2.45. The SMILES string of the molecule is CCn1nc(C)c(NC(=O)Nc2ccc(-n3cnnn3)c(C)c2)c1C. The Hall–Kier alpha value is -3.23. The highest BCUT2D eigenvalue weighted by atomic mass is 16.2. The minimum absolute atomic E-state index is 0.309. The van der Waals surface area contributed by atoms with Gasteiger partial charge in [0.25, 0.3) is 0 Å². The average Bonchev–Trinajstić information content (AvgIpc) is 3.19. The van der Waals surface area contributed by atoms with E-state index in [0.717, 1.165) is 34.9 Å². The number of benzene rings is 1. The molecule has 9 nitrogen and oxygen atoms in total. The number of tetrazole rings is 1. The largest absolute Gasteiger partial charge is 0.323 e. The van der Waals surface area contributed by atoms with Crippen LogP contribution < -0.4 is 10.6 Å². The summed E-state index contributed by atoms with van der Waals surface area (Å²) in [5.41, 5.74) is 4.94. The van der Waals surface area contributed by atoms with Gasteiger partial charge in [-0.25, -0.2) is 9.48 Å². The standard InChI is InChI=1S/C16H20N8O/c1-5-23-12(4)15(11(3)20-23)19-16(25)18-13-6-7-14(10(2)8-13)24-9-17-21-22-24/h6-9H,5H2,1-4H3,(H2,18,19,25). The summed E-state index contributed by atoms with van der Waals surface area (Å²) < 4.78 is 3.43. The average molecular weight is 340 g/mol. The highest BCUT2D eigenvalue weighted by Crippen LogP contribution is 2.21. The second-order valence-electron chi connectivity index (χ2n) is 5.70. The van der Waals surface area contributed by atoms with Crippen LogP contribution in [0.5, 0.6) is 0 Å². The zero-order valence-electron chi connectivity index (χ0n) is 14.6. The van der Waals surface area contributed by atoms with E-state index in [1.54, 1.807) is 10.7 Å². The zero-order chi connectivity index (χ0) is 18.0. The van der Waals surface area contributed by atoms with Gasteiger partial charge in [-0.2, -0.15) is 5.10 Å². The maximum absolute atomic E-state index is 12.3. The fourth-order valence-corrected chi connectivity index (χ4v) is 2.72. The number of hydrogen-bond donors (Lipinski definition) is 2. The molecule has 0 saturated carbocycles. The van der Waals surface area contributed by atoms with Gasteiger partial charge in [0.1, 0.15) is 6.33 Å². The van der Waals surface area contributed by atoms with Gasteiger partial charge >= 0.3 is 6.03 Å². The minimum atomic E-state index is -0.309. The Labute approximate surface area is 145 Å². The first-order chi connectivity index (χ1) is 12.0. The van der Waals surface area contributed by atoms with Gasteiger partial charge in [-0.3, -0.25) is 4.68 Å². The van der Waals surface area contributed by atoms with Crippen molar-refractivity contribution in [3.63, 3.8) is 0 Å². The number of urea groups is 1. The molecule has 1 aromatic carbocycles. The molecule has 9 heteroatoms. The van der Waals surface area contributed by atoms with Gasteiger partial charge in [-0.15, -0.1) is 5.10 Å². The molecule has 0 saturated heterocycles. The summed E-state index contributed by atoms with van der Waals surface area (Å²) in [6, 6.07) is 5.22. The maximum atomic E-state index is 12.3. The van der Waals surface area contributed by atoms with Gasteiger partial charge in [0, 0.05) is 12.2 Å². The van der Waals surface area contributed by atoms with Crippen molar-refractivity contribution < 1.29 is 4.79 Å². The van der Waals surface area contributed by atoms with Crippen molar-refractivity contribution >= 4 is 17.4 Å². The van der Waals surface area contributed by atoms with Crippen LogP contribution in [0.1, 0.15) is 23.9 Å². The second kappa shape index (κ2) is 6.71. The van der Waals surface area contributed by atoms with Crippen molar-refractivity contribution in [2.45, 2.75) is 34.2 Å². The van der Waals surface area contributed by atoms with Crippen LogP contribution in [0.15, 0.2) is 24.5 Å². The number of nitrogens with one attached hydrogen (secondary N) is 2. The Bertz CT molecular complexity index is 897. The quantitative estimate of drug-likeness (QED) is 0.759. The Morgan fingerprint density at radius 1 is 1.20 bits per heavy atom. The lowest BCUT2D eigenvalue weighted by Gasteiger charge is -2.10. The molecule has 0 radical (unpaired) electrons. The third-order valence-corrected chi connectivity index (χ3v) is 3.97. The molecule has 3 rings (SSSR count). The zero-order valence-corrected chi connectivity index (χ0v) is 14.6. The maximum Gasteiger partial charge on any atom is 0.323 e. The lowest BCUT2D eigenvalue weighted by atomic mass is 10.2. The van der Waals surface area contributed by atoms with Crippen LogP contribution in [0.4, 0.5) is 16.2 Å². The first-order valence-corrected chi connectivity index (χ1v) is 7.95. The number of nitrogens with zero attached hydrogens (tertiary/aromatic N) is 6. The third kappa shape index (κ3) is 3.35. The number of hydrogen-bond acceptors (Lipinski definition) is 5. The predicted molar refractivity (Wildman–Crippen MR) is 93.9 cm³/mol. The smallest absolute Gasteiger partial charge is 0.308 e. The number of rotatable bonds is 4. The molecule has 0 aliphatic carbocycles. The molecular formula is C16H20N8O. The Morgan fingerprint density at radius 3 is 2.60 bits per heavy atom. The number of aryl methyl sites for hydroxylation is 3. The first kappa shape index (κ1) is 16.6. The molecule has 2 amide bonds. The van der Waals surface area contributed by atoms with E-state index in [1.165, 1.54) is 6.33 Å². The fourth-order valence-electron chi connectivity index (χ4n) is 2.72. The lowest BCUT2D eigenvalue weighted by Crippen LogP contribution is -2.20. The van der Waals surface area contributed by atoms with Gasteiger partial charge in [0.15, 0.2) is 0 Å². The molecule has 0 bridgehead atoms. The van der Waals surface area contributed by atoms with E-state index in [-0.39, 0.29) is 6.03 Å². The fraction of sp³-hybridized carbons (Fsp3) is 0.312. The van der Waals surface area contributed by atoms with Crippen molar-refractivity contribution in [3.8, 4) is 5.69 Å². The van der Waals surface area contributed by atoms with E-state index in [0.29, 0.717) is 5.69 Å². The van der Waals surface area contributed by atoms with E-state index < -0.39 is 0 Å². The Kier molecular flexibility index (Phi) is 4.46. The summed E-state index contributed by atoms with van der Waals surface area (Å²) >= 11 is 0. The minimum Gasteiger partial charge on any atom is -0.308 e. The molecule has 2 N–H and O–H groups in total. The van der Waals surface area contributed by atoms with E-state index in [9.17, 15) is 4.79 Å². The van der Waals surface area contributed by atoms with Crippen molar-refractivity contribution in [2.24, 2.45) is 0 Å². The number of anilines is 2. The number of carbonyl (C=O) groups is 1. The second-order valence-corrected chi connectivity index (χ2v) is 5.70. The summed E-state index contributed by atoms with van der Waals surface area (Å²) in [5, 5.41) is 21.2. The van der Waals surface area contributed by atoms with Crippen LogP contribution in [0.25, 0.3) is 5.69 Å². The van der Waals surface area contributed by atoms with Crippen LogP contribution in [-0.2, 0) is 6.54 Å². The van der Waals surface area contributed by atoms with Crippen molar-refractivity contribution in [1.82, 2.24) is 30.0 Å². The molecule has 0 atom stereocenters.